The average molecular weight is 409 g/mol. The molecule has 0 spiro atoms. The Bertz CT molecular complexity index is 1020. The van der Waals surface area contributed by atoms with Crippen LogP contribution >= 0.6 is 0 Å². The number of rotatable bonds is 2. The number of aromatic amines is 1. The summed E-state index contributed by atoms with van der Waals surface area (Å²) >= 11 is 0. The van der Waals surface area contributed by atoms with Gasteiger partial charge in [0.2, 0.25) is 5.56 Å². The first kappa shape index (κ1) is 19.5. The molecule has 2 atom stereocenters. The molecule has 0 unspecified atom stereocenters. The van der Waals surface area contributed by atoms with E-state index in [0.29, 0.717) is 24.2 Å². The zero-order chi connectivity index (χ0) is 20.9. The van der Waals surface area contributed by atoms with Crippen LogP contribution in [0.4, 0.5) is 28.9 Å². The number of carbonyl (C=O) groups is 1. The average Bonchev–Trinajstić information content (AvgIpc) is 3.08. The van der Waals surface area contributed by atoms with Crippen molar-refractivity contribution in [3.05, 3.63) is 57.5 Å². The predicted molar refractivity (Wildman–Crippen MR) is 99.9 cm³/mol. The lowest BCUT2D eigenvalue weighted by molar-refractivity contribution is -0.137. The maximum Gasteiger partial charge on any atom is 0.416 e. The van der Waals surface area contributed by atoms with Crippen LogP contribution in [0.25, 0.3) is 0 Å². The molecule has 2 aromatic rings. The first-order chi connectivity index (χ1) is 13.6. The third-order valence-corrected chi connectivity index (χ3v) is 5.56. The molecule has 1 aliphatic heterocycles. The molecule has 2 heterocycles. The van der Waals surface area contributed by atoms with Crippen LogP contribution in [0.2, 0.25) is 0 Å². The van der Waals surface area contributed by atoms with Gasteiger partial charge in [0.25, 0.3) is 5.91 Å². The van der Waals surface area contributed by atoms with Gasteiger partial charge < -0.3 is 9.88 Å². The highest BCUT2D eigenvalue weighted by atomic mass is 19.4. The third-order valence-electron chi connectivity index (χ3n) is 5.56. The van der Waals surface area contributed by atoms with Gasteiger partial charge >= 0.3 is 6.18 Å². The number of alkyl halides is 4. The van der Waals surface area contributed by atoms with Crippen LogP contribution < -0.4 is 15.4 Å². The number of benzene rings is 1. The molecule has 2 aliphatic rings. The van der Waals surface area contributed by atoms with Crippen LogP contribution in [0.15, 0.2) is 35.1 Å². The summed E-state index contributed by atoms with van der Waals surface area (Å²) in [5.74, 6) is -0.463. The number of anilines is 2. The maximum absolute atomic E-state index is 13.9. The van der Waals surface area contributed by atoms with Gasteiger partial charge in [-0.05, 0) is 50.5 Å². The molecule has 0 bridgehead atoms. The zero-order valence-corrected chi connectivity index (χ0v) is 15.6. The van der Waals surface area contributed by atoms with Crippen molar-refractivity contribution in [3.63, 3.8) is 0 Å². The molecule has 154 valence electrons. The number of fused-ring (bicyclic) bond motifs is 1. The Morgan fingerprint density at radius 2 is 1.83 bits per heavy atom. The Morgan fingerprint density at radius 1 is 1.07 bits per heavy atom. The first-order valence-corrected chi connectivity index (χ1v) is 9.29. The van der Waals surface area contributed by atoms with Crippen molar-refractivity contribution in [2.24, 2.45) is 0 Å². The van der Waals surface area contributed by atoms with Gasteiger partial charge in [-0.15, -0.1) is 0 Å². The lowest BCUT2D eigenvalue weighted by Crippen LogP contribution is -2.51. The molecule has 1 aromatic carbocycles. The van der Waals surface area contributed by atoms with E-state index in [1.54, 1.807) is 11.8 Å². The SMILES string of the molecule is Cc1[nH]c(=O)ccc1N1CN([C@H]2CC[C@H](F)C2)c2cc(C(F)(F)F)ccc2C1=O. The Kier molecular flexibility index (Phi) is 4.63. The summed E-state index contributed by atoms with van der Waals surface area (Å²) in [7, 11) is 0. The van der Waals surface area contributed by atoms with E-state index in [1.807, 2.05) is 0 Å². The van der Waals surface area contributed by atoms with Crippen molar-refractivity contribution in [3.8, 4) is 0 Å². The summed E-state index contributed by atoms with van der Waals surface area (Å²) in [6, 6.07) is 5.50. The number of nitrogens with one attached hydrogen (secondary N) is 1. The highest BCUT2D eigenvalue weighted by Gasteiger charge is 2.40. The van der Waals surface area contributed by atoms with Crippen LogP contribution in [0.3, 0.4) is 0 Å². The number of aromatic nitrogens is 1. The number of hydrogen-bond donors (Lipinski definition) is 1. The van der Waals surface area contributed by atoms with Crippen molar-refractivity contribution in [1.82, 2.24) is 4.98 Å². The molecule has 1 aliphatic carbocycles. The largest absolute Gasteiger partial charge is 0.416 e. The minimum atomic E-state index is -4.55. The number of H-pyrrole nitrogens is 1. The van der Waals surface area contributed by atoms with Gasteiger partial charge in [0, 0.05) is 17.8 Å². The molecule has 1 N–H and O–H groups in total. The lowest BCUT2D eigenvalue weighted by Gasteiger charge is -2.42. The Morgan fingerprint density at radius 3 is 2.45 bits per heavy atom. The minimum absolute atomic E-state index is 0.0165. The first-order valence-electron chi connectivity index (χ1n) is 9.29. The molecule has 0 radical (unpaired) electrons. The van der Waals surface area contributed by atoms with Gasteiger partial charge in [0.1, 0.15) is 6.17 Å². The van der Waals surface area contributed by atoms with E-state index >= 15 is 0 Å². The summed E-state index contributed by atoms with van der Waals surface area (Å²) in [5, 5.41) is 0. The number of nitrogens with zero attached hydrogens (tertiary/aromatic N) is 2. The van der Waals surface area contributed by atoms with Gasteiger partial charge in [0.15, 0.2) is 0 Å². The Hall–Kier alpha value is -2.84. The Balaban J connectivity index is 1.82. The van der Waals surface area contributed by atoms with Crippen LogP contribution in [-0.4, -0.2) is 29.8 Å². The molecular weight excluding hydrogens is 390 g/mol. The minimum Gasteiger partial charge on any atom is -0.350 e. The molecular formula is C20H19F4N3O2. The Labute approximate surface area is 163 Å². The maximum atomic E-state index is 13.9. The standard InChI is InChI=1S/C20H19F4N3O2/c1-11-16(6-7-18(28)25-11)27-10-26(14-4-3-13(21)9-14)17-8-12(20(22,23)24)2-5-15(17)19(27)29/h2,5-8,13-14H,3-4,9-10H2,1H3,(H,25,28)/t13-,14-/m0/s1. The normalized spacial score (nSPS) is 22.2. The van der Waals surface area contributed by atoms with E-state index < -0.39 is 23.8 Å². The number of hydrogen-bond acceptors (Lipinski definition) is 3. The van der Waals surface area contributed by atoms with E-state index in [0.717, 1.165) is 12.1 Å². The highest BCUT2D eigenvalue weighted by Crippen LogP contribution is 2.40. The second kappa shape index (κ2) is 6.89. The van der Waals surface area contributed by atoms with Crippen LogP contribution in [0.1, 0.15) is 40.9 Å². The number of aryl methyl sites for hydroxylation is 1. The fourth-order valence-corrected chi connectivity index (χ4v) is 4.11. The van der Waals surface area contributed by atoms with E-state index in [2.05, 4.69) is 4.98 Å². The van der Waals surface area contributed by atoms with Crippen molar-refractivity contribution in [2.45, 2.75) is 44.6 Å². The predicted octanol–water partition coefficient (Wildman–Crippen LogP) is 4.02. The van der Waals surface area contributed by atoms with Gasteiger partial charge in [-0.1, -0.05) is 0 Å². The van der Waals surface area contributed by atoms with Crippen LogP contribution in [-0.2, 0) is 6.18 Å². The number of amides is 1. The van der Waals surface area contributed by atoms with Gasteiger partial charge in [-0.3, -0.25) is 14.5 Å². The fraction of sp³-hybridized carbons (Fsp3) is 0.400. The molecule has 5 nitrogen and oxygen atoms in total. The smallest absolute Gasteiger partial charge is 0.350 e. The van der Waals surface area contributed by atoms with Crippen molar-refractivity contribution < 1.29 is 22.4 Å². The molecule has 4 rings (SSSR count). The number of pyridine rings is 1. The quantitative estimate of drug-likeness (QED) is 0.763. The summed E-state index contributed by atoms with van der Waals surface area (Å²) < 4.78 is 53.6. The topological polar surface area (TPSA) is 56.4 Å². The van der Waals surface area contributed by atoms with Gasteiger partial charge in [0.05, 0.1) is 29.2 Å². The van der Waals surface area contributed by atoms with Crippen molar-refractivity contribution in [2.75, 3.05) is 16.5 Å². The summed E-state index contributed by atoms with van der Waals surface area (Å²) in [6.07, 6.45) is -4.54. The summed E-state index contributed by atoms with van der Waals surface area (Å²) in [5.41, 5.74) is 0.0478. The second-order valence-electron chi connectivity index (χ2n) is 7.47. The monoisotopic (exact) mass is 409 g/mol. The van der Waals surface area contributed by atoms with Crippen LogP contribution in [0.5, 0.6) is 0 Å². The van der Waals surface area contributed by atoms with E-state index in [1.165, 1.54) is 23.1 Å². The number of carbonyl (C=O) groups excluding carboxylic acids is 1. The molecule has 1 amide bonds. The van der Waals surface area contributed by atoms with Crippen molar-refractivity contribution >= 4 is 17.3 Å². The molecule has 1 fully saturated rings. The van der Waals surface area contributed by atoms with Gasteiger partial charge in [-0.25, -0.2) is 4.39 Å². The molecule has 9 heteroatoms. The summed E-state index contributed by atoms with van der Waals surface area (Å²) in [4.78, 5) is 30.3. The molecule has 29 heavy (non-hydrogen) atoms. The van der Waals surface area contributed by atoms with E-state index in [4.69, 9.17) is 0 Å². The second-order valence-corrected chi connectivity index (χ2v) is 7.47. The van der Waals surface area contributed by atoms with Gasteiger partial charge in [-0.2, -0.15) is 13.2 Å². The molecule has 1 saturated carbocycles. The summed E-state index contributed by atoms with van der Waals surface area (Å²) in [6.45, 7) is 1.63. The highest BCUT2D eigenvalue weighted by molar-refractivity contribution is 6.12. The molecule has 1 aromatic heterocycles. The van der Waals surface area contributed by atoms with Crippen molar-refractivity contribution in [1.29, 1.82) is 0 Å². The van der Waals surface area contributed by atoms with E-state index in [9.17, 15) is 27.2 Å². The third kappa shape index (κ3) is 3.49. The van der Waals surface area contributed by atoms with E-state index in [-0.39, 0.29) is 35.9 Å². The number of halogens is 4. The van der Waals surface area contributed by atoms with Crippen LogP contribution in [0, 0.1) is 6.92 Å². The molecule has 0 saturated heterocycles. The lowest BCUT2D eigenvalue weighted by atomic mass is 10.0. The zero-order valence-electron chi connectivity index (χ0n) is 15.6. The fourth-order valence-electron chi connectivity index (χ4n) is 4.11.